The molecule has 0 saturated heterocycles. The number of rotatable bonds is 9. The molecule has 0 saturated carbocycles. The Morgan fingerprint density at radius 1 is 1.39 bits per heavy atom. The molecule has 0 aliphatic rings. The van der Waals surface area contributed by atoms with E-state index in [1.54, 1.807) is 7.11 Å². The van der Waals surface area contributed by atoms with E-state index in [1.165, 1.54) is 0 Å². The summed E-state index contributed by atoms with van der Waals surface area (Å²) in [6.07, 6.45) is 3.51. The van der Waals surface area contributed by atoms with Gasteiger partial charge < -0.3 is 15.4 Å². The van der Waals surface area contributed by atoms with Gasteiger partial charge in [-0.3, -0.25) is 4.98 Å². The number of hydrogen-bond acceptors (Lipinski definition) is 4. The van der Waals surface area contributed by atoms with Crippen molar-refractivity contribution in [1.82, 2.24) is 9.88 Å². The fourth-order valence-corrected chi connectivity index (χ4v) is 1.73. The Labute approximate surface area is 114 Å². The van der Waals surface area contributed by atoms with Crippen molar-refractivity contribution in [3.8, 4) is 0 Å². The first kappa shape index (κ1) is 15.0. The van der Waals surface area contributed by atoms with Gasteiger partial charge in [-0.1, -0.05) is 18.3 Å². The second-order valence-electron chi connectivity index (χ2n) is 4.12. The lowest BCUT2D eigenvalue weighted by Gasteiger charge is -2.21. The van der Waals surface area contributed by atoms with Crippen LogP contribution in [0.1, 0.15) is 12.1 Å². The standard InChI is InChI=1S/C13H21N3OS/c1-17-11-10-16(9-6-13(14)18)8-5-12-4-2-3-7-15-12/h2-4,7H,5-6,8-11H2,1H3,(H2,14,18). The Kier molecular flexibility index (Phi) is 7.48. The highest BCUT2D eigenvalue weighted by atomic mass is 32.1. The van der Waals surface area contributed by atoms with E-state index < -0.39 is 0 Å². The van der Waals surface area contributed by atoms with Crippen LogP contribution in [-0.2, 0) is 11.2 Å². The highest BCUT2D eigenvalue weighted by molar-refractivity contribution is 7.80. The Morgan fingerprint density at radius 3 is 2.83 bits per heavy atom. The first-order valence-corrected chi connectivity index (χ1v) is 6.52. The molecule has 5 heteroatoms. The van der Waals surface area contributed by atoms with E-state index in [4.69, 9.17) is 22.7 Å². The Bertz CT molecular complexity index is 345. The van der Waals surface area contributed by atoms with Gasteiger partial charge in [0.15, 0.2) is 0 Å². The molecule has 1 rings (SSSR count). The Hall–Kier alpha value is -1.04. The summed E-state index contributed by atoms with van der Waals surface area (Å²) in [5.74, 6) is 0. The lowest BCUT2D eigenvalue weighted by Crippen LogP contribution is -2.32. The van der Waals surface area contributed by atoms with Crippen LogP contribution in [0, 0.1) is 0 Å². The molecule has 1 aromatic heterocycles. The van der Waals surface area contributed by atoms with Gasteiger partial charge in [0.2, 0.25) is 0 Å². The number of hydrogen-bond donors (Lipinski definition) is 1. The van der Waals surface area contributed by atoms with E-state index in [0.29, 0.717) is 4.99 Å². The van der Waals surface area contributed by atoms with E-state index >= 15 is 0 Å². The monoisotopic (exact) mass is 267 g/mol. The molecule has 0 bridgehead atoms. The van der Waals surface area contributed by atoms with E-state index in [0.717, 1.165) is 44.8 Å². The maximum atomic E-state index is 5.54. The number of ether oxygens (including phenoxy) is 1. The summed E-state index contributed by atoms with van der Waals surface area (Å²) < 4.78 is 5.11. The van der Waals surface area contributed by atoms with Crippen molar-refractivity contribution in [3.05, 3.63) is 30.1 Å². The Morgan fingerprint density at radius 2 is 2.22 bits per heavy atom. The summed E-state index contributed by atoms with van der Waals surface area (Å²) in [7, 11) is 1.71. The molecular weight excluding hydrogens is 246 g/mol. The summed E-state index contributed by atoms with van der Waals surface area (Å²) in [5.41, 5.74) is 6.64. The third-order valence-electron chi connectivity index (χ3n) is 2.70. The maximum Gasteiger partial charge on any atom is 0.0740 e. The van der Waals surface area contributed by atoms with Crippen LogP contribution in [-0.4, -0.2) is 48.2 Å². The highest BCUT2D eigenvalue weighted by Crippen LogP contribution is 1.99. The second kappa shape index (κ2) is 8.97. The van der Waals surface area contributed by atoms with E-state index in [-0.39, 0.29) is 0 Å². The average molecular weight is 267 g/mol. The SMILES string of the molecule is COCCN(CCC(N)=S)CCc1ccccn1. The molecule has 18 heavy (non-hydrogen) atoms. The predicted octanol–water partition coefficient (Wildman–Crippen LogP) is 1.25. The average Bonchev–Trinajstić information content (AvgIpc) is 2.39. The number of nitrogens with two attached hydrogens (primary N) is 1. The molecule has 0 aliphatic heterocycles. The molecule has 0 unspecified atom stereocenters. The quantitative estimate of drug-likeness (QED) is 0.682. The molecule has 100 valence electrons. The fraction of sp³-hybridized carbons (Fsp3) is 0.538. The lowest BCUT2D eigenvalue weighted by molar-refractivity contribution is 0.150. The zero-order chi connectivity index (χ0) is 13.2. The molecule has 0 fully saturated rings. The minimum atomic E-state index is 0.565. The van der Waals surface area contributed by atoms with Crippen LogP contribution in [0.5, 0.6) is 0 Å². The summed E-state index contributed by atoms with van der Waals surface area (Å²) >= 11 is 4.91. The Balaban J connectivity index is 2.37. The highest BCUT2D eigenvalue weighted by Gasteiger charge is 2.06. The summed E-state index contributed by atoms with van der Waals surface area (Å²) in [4.78, 5) is 7.19. The number of nitrogens with zero attached hydrogens (tertiary/aromatic N) is 2. The molecule has 1 heterocycles. The van der Waals surface area contributed by atoms with Gasteiger partial charge in [0.1, 0.15) is 0 Å². The molecular formula is C13H21N3OS. The van der Waals surface area contributed by atoms with E-state index in [1.807, 2.05) is 24.4 Å². The van der Waals surface area contributed by atoms with Crippen molar-refractivity contribution in [2.45, 2.75) is 12.8 Å². The normalized spacial score (nSPS) is 10.8. The van der Waals surface area contributed by atoms with Crippen molar-refractivity contribution in [2.75, 3.05) is 33.4 Å². The van der Waals surface area contributed by atoms with Crippen LogP contribution in [0.4, 0.5) is 0 Å². The molecule has 0 atom stereocenters. The molecule has 2 N–H and O–H groups in total. The number of aromatic nitrogens is 1. The van der Waals surface area contributed by atoms with E-state index in [2.05, 4.69) is 9.88 Å². The fourth-order valence-electron chi connectivity index (χ4n) is 1.64. The van der Waals surface area contributed by atoms with Crippen LogP contribution in [0.2, 0.25) is 0 Å². The van der Waals surface area contributed by atoms with Gasteiger partial charge in [0, 0.05) is 51.5 Å². The maximum absolute atomic E-state index is 5.54. The van der Waals surface area contributed by atoms with Crippen LogP contribution >= 0.6 is 12.2 Å². The molecule has 0 aliphatic carbocycles. The van der Waals surface area contributed by atoms with Crippen LogP contribution < -0.4 is 5.73 Å². The summed E-state index contributed by atoms with van der Waals surface area (Å²) in [6, 6.07) is 5.98. The molecule has 0 radical (unpaired) electrons. The molecule has 4 nitrogen and oxygen atoms in total. The van der Waals surface area contributed by atoms with E-state index in [9.17, 15) is 0 Å². The summed E-state index contributed by atoms with van der Waals surface area (Å²) in [5, 5.41) is 0. The van der Waals surface area contributed by atoms with Gasteiger partial charge in [-0.05, 0) is 12.1 Å². The first-order chi connectivity index (χ1) is 8.72. The molecule has 0 spiro atoms. The van der Waals surface area contributed by atoms with Gasteiger partial charge in [0.05, 0.1) is 11.6 Å². The van der Waals surface area contributed by atoms with Crippen molar-refractivity contribution in [1.29, 1.82) is 0 Å². The van der Waals surface area contributed by atoms with Crippen LogP contribution in [0.25, 0.3) is 0 Å². The third-order valence-corrected chi connectivity index (χ3v) is 2.90. The summed E-state index contributed by atoms with van der Waals surface area (Å²) in [6.45, 7) is 3.44. The van der Waals surface area contributed by atoms with Crippen molar-refractivity contribution < 1.29 is 4.74 Å². The number of pyridine rings is 1. The first-order valence-electron chi connectivity index (χ1n) is 6.12. The largest absolute Gasteiger partial charge is 0.393 e. The zero-order valence-corrected chi connectivity index (χ0v) is 11.7. The second-order valence-corrected chi connectivity index (χ2v) is 4.65. The van der Waals surface area contributed by atoms with Crippen LogP contribution in [0.15, 0.2) is 24.4 Å². The molecule has 1 aromatic rings. The van der Waals surface area contributed by atoms with Crippen molar-refractivity contribution >= 4 is 17.2 Å². The van der Waals surface area contributed by atoms with Gasteiger partial charge in [-0.2, -0.15) is 0 Å². The molecule has 0 amide bonds. The smallest absolute Gasteiger partial charge is 0.0740 e. The number of thiocarbonyl (C=S) groups is 1. The van der Waals surface area contributed by atoms with Crippen LogP contribution in [0.3, 0.4) is 0 Å². The van der Waals surface area contributed by atoms with Gasteiger partial charge in [-0.15, -0.1) is 0 Å². The topological polar surface area (TPSA) is 51.4 Å². The molecule has 0 aromatic carbocycles. The van der Waals surface area contributed by atoms with Crippen molar-refractivity contribution in [3.63, 3.8) is 0 Å². The van der Waals surface area contributed by atoms with Gasteiger partial charge in [0.25, 0.3) is 0 Å². The minimum Gasteiger partial charge on any atom is -0.393 e. The number of methoxy groups -OCH3 is 1. The lowest BCUT2D eigenvalue weighted by atomic mass is 10.2. The predicted molar refractivity (Wildman–Crippen MR) is 77.7 cm³/mol. The van der Waals surface area contributed by atoms with Gasteiger partial charge in [-0.25, -0.2) is 0 Å². The zero-order valence-electron chi connectivity index (χ0n) is 10.8. The third kappa shape index (κ3) is 6.64. The van der Waals surface area contributed by atoms with Crippen molar-refractivity contribution in [2.24, 2.45) is 5.73 Å². The van der Waals surface area contributed by atoms with Gasteiger partial charge >= 0.3 is 0 Å². The minimum absolute atomic E-state index is 0.565.